The highest BCUT2D eigenvalue weighted by molar-refractivity contribution is 5.86. The highest BCUT2D eigenvalue weighted by atomic mass is 16.5. The number of carbonyl (C=O) groups excluding carboxylic acids is 1. The van der Waals surface area contributed by atoms with Crippen molar-refractivity contribution in [3.63, 3.8) is 0 Å². The summed E-state index contributed by atoms with van der Waals surface area (Å²) in [7, 11) is 0. The Morgan fingerprint density at radius 3 is 2.56 bits per heavy atom. The van der Waals surface area contributed by atoms with Gasteiger partial charge in [0.25, 0.3) is 0 Å². The topological polar surface area (TPSA) is 125 Å². The Morgan fingerprint density at radius 2 is 2.06 bits per heavy atom. The van der Waals surface area contributed by atoms with Gasteiger partial charge in [0.15, 0.2) is 0 Å². The second kappa shape index (κ2) is 6.80. The normalized spacial score (nSPS) is 20.8. The second-order valence-corrected chi connectivity index (χ2v) is 4.02. The number of carboxylic acids is 2. The van der Waals surface area contributed by atoms with Crippen molar-refractivity contribution in [2.24, 2.45) is 0 Å². The van der Waals surface area contributed by atoms with Crippen LogP contribution in [0.4, 0.5) is 4.79 Å². The van der Waals surface area contributed by atoms with E-state index in [0.29, 0.717) is 13.2 Å². The van der Waals surface area contributed by atoms with E-state index in [1.165, 1.54) is 0 Å². The summed E-state index contributed by atoms with van der Waals surface area (Å²) in [5, 5.41) is 21.9. The number of aliphatic carboxylic acids is 2. The van der Waals surface area contributed by atoms with E-state index in [-0.39, 0.29) is 6.04 Å². The predicted molar refractivity (Wildman–Crippen MR) is 59.2 cm³/mol. The Morgan fingerprint density at radius 1 is 1.33 bits per heavy atom. The van der Waals surface area contributed by atoms with Crippen LogP contribution in [-0.2, 0) is 14.3 Å². The molecule has 0 radical (unpaired) electrons. The highest BCUT2D eigenvalue weighted by Gasteiger charge is 2.24. The summed E-state index contributed by atoms with van der Waals surface area (Å²) in [6.45, 7) is 1.03. The number of urea groups is 1. The number of hydrogen-bond acceptors (Lipinski definition) is 4. The minimum atomic E-state index is -1.44. The van der Waals surface area contributed by atoms with Crippen LogP contribution in [0.25, 0.3) is 0 Å². The quantitative estimate of drug-likeness (QED) is 0.522. The zero-order chi connectivity index (χ0) is 13.5. The molecule has 0 saturated carbocycles. The van der Waals surface area contributed by atoms with Crippen molar-refractivity contribution in [3.8, 4) is 0 Å². The lowest BCUT2D eigenvalue weighted by Gasteiger charge is -2.24. The molecule has 0 spiro atoms. The molecule has 18 heavy (non-hydrogen) atoms. The molecule has 8 heteroatoms. The molecule has 0 bridgehead atoms. The summed E-state index contributed by atoms with van der Waals surface area (Å²) >= 11 is 0. The van der Waals surface area contributed by atoms with E-state index in [2.05, 4.69) is 10.6 Å². The molecule has 8 nitrogen and oxygen atoms in total. The molecule has 4 N–H and O–H groups in total. The van der Waals surface area contributed by atoms with Gasteiger partial charge < -0.3 is 25.6 Å². The Bertz CT molecular complexity index is 326. The summed E-state index contributed by atoms with van der Waals surface area (Å²) in [4.78, 5) is 32.6. The average molecular weight is 260 g/mol. The molecular formula is C10H16N2O6. The van der Waals surface area contributed by atoms with Gasteiger partial charge in [0.2, 0.25) is 0 Å². The Labute approximate surface area is 103 Å². The summed E-state index contributed by atoms with van der Waals surface area (Å²) in [5.74, 6) is -2.67. The third kappa shape index (κ3) is 5.00. The third-order valence-electron chi connectivity index (χ3n) is 2.48. The molecule has 1 fully saturated rings. The summed E-state index contributed by atoms with van der Waals surface area (Å²) < 4.78 is 5.15. The van der Waals surface area contributed by atoms with Gasteiger partial charge in [-0.15, -0.1) is 0 Å². The van der Waals surface area contributed by atoms with E-state index < -0.39 is 30.4 Å². The maximum atomic E-state index is 11.5. The molecule has 1 rings (SSSR count). The fourth-order valence-electron chi connectivity index (χ4n) is 1.61. The van der Waals surface area contributed by atoms with Crippen LogP contribution in [0.5, 0.6) is 0 Å². The molecule has 1 unspecified atom stereocenters. The van der Waals surface area contributed by atoms with E-state index in [9.17, 15) is 14.4 Å². The monoisotopic (exact) mass is 260 g/mol. The molecule has 0 aromatic carbocycles. The van der Waals surface area contributed by atoms with Crippen LogP contribution in [0.2, 0.25) is 0 Å². The van der Waals surface area contributed by atoms with E-state index in [0.717, 1.165) is 12.8 Å². The Hall–Kier alpha value is -1.83. The van der Waals surface area contributed by atoms with Gasteiger partial charge in [0.1, 0.15) is 6.04 Å². The summed E-state index contributed by atoms with van der Waals surface area (Å²) in [6, 6.07) is -2.30. The van der Waals surface area contributed by atoms with Gasteiger partial charge in [-0.2, -0.15) is 0 Å². The van der Waals surface area contributed by atoms with Crippen molar-refractivity contribution in [2.75, 3.05) is 13.2 Å². The van der Waals surface area contributed by atoms with Crippen LogP contribution in [0.15, 0.2) is 0 Å². The SMILES string of the molecule is O=C(O)C[C@H](NC(=O)NC1CCCOC1)C(=O)O. The first-order chi connectivity index (χ1) is 8.49. The Balaban J connectivity index is 2.40. The lowest BCUT2D eigenvalue weighted by molar-refractivity contribution is -0.145. The van der Waals surface area contributed by atoms with Crippen LogP contribution >= 0.6 is 0 Å². The molecule has 1 heterocycles. The lowest BCUT2D eigenvalue weighted by Crippen LogP contribution is -2.51. The zero-order valence-electron chi connectivity index (χ0n) is 9.72. The van der Waals surface area contributed by atoms with Crippen LogP contribution in [0.1, 0.15) is 19.3 Å². The van der Waals surface area contributed by atoms with Crippen molar-refractivity contribution < 1.29 is 29.3 Å². The maximum absolute atomic E-state index is 11.5. The minimum absolute atomic E-state index is 0.168. The number of hydrogen-bond donors (Lipinski definition) is 4. The number of carboxylic acid groups (broad SMARTS) is 2. The second-order valence-electron chi connectivity index (χ2n) is 4.02. The molecule has 1 aliphatic rings. The van der Waals surface area contributed by atoms with Gasteiger partial charge in [-0.25, -0.2) is 9.59 Å². The lowest BCUT2D eigenvalue weighted by atomic mass is 10.1. The van der Waals surface area contributed by atoms with Crippen LogP contribution in [0.3, 0.4) is 0 Å². The van der Waals surface area contributed by atoms with Crippen molar-refractivity contribution in [1.29, 1.82) is 0 Å². The number of amides is 2. The van der Waals surface area contributed by atoms with E-state index in [4.69, 9.17) is 14.9 Å². The molecule has 0 aliphatic carbocycles. The number of rotatable bonds is 5. The zero-order valence-corrected chi connectivity index (χ0v) is 9.72. The first-order valence-corrected chi connectivity index (χ1v) is 5.58. The van der Waals surface area contributed by atoms with Gasteiger partial charge in [-0.3, -0.25) is 4.79 Å². The molecule has 0 aromatic rings. The molecule has 1 saturated heterocycles. The van der Waals surface area contributed by atoms with Gasteiger partial charge >= 0.3 is 18.0 Å². The standard InChI is InChI=1S/C10H16N2O6/c13-8(14)4-7(9(15)16)12-10(17)11-6-2-1-3-18-5-6/h6-7H,1-5H2,(H,13,14)(H,15,16)(H2,11,12,17)/t6?,7-/m0/s1. The fourth-order valence-corrected chi connectivity index (χ4v) is 1.61. The predicted octanol–water partition coefficient (Wildman–Crippen LogP) is -0.608. The largest absolute Gasteiger partial charge is 0.481 e. The third-order valence-corrected chi connectivity index (χ3v) is 2.48. The van der Waals surface area contributed by atoms with E-state index in [1.807, 2.05) is 0 Å². The van der Waals surface area contributed by atoms with Crippen molar-refractivity contribution in [3.05, 3.63) is 0 Å². The summed E-state index contributed by atoms with van der Waals surface area (Å²) in [5.41, 5.74) is 0. The molecule has 1 aliphatic heterocycles. The van der Waals surface area contributed by atoms with Gasteiger partial charge in [-0.05, 0) is 12.8 Å². The molecule has 2 atom stereocenters. The Kier molecular flexibility index (Phi) is 5.37. The van der Waals surface area contributed by atoms with Crippen LogP contribution in [0, 0.1) is 0 Å². The van der Waals surface area contributed by atoms with Gasteiger partial charge in [0, 0.05) is 6.61 Å². The molecule has 2 amide bonds. The van der Waals surface area contributed by atoms with Crippen molar-refractivity contribution in [1.82, 2.24) is 10.6 Å². The minimum Gasteiger partial charge on any atom is -0.481 e. The smallest absolute Gasteiger partial charge is 0.326 e. The number of ether oxygens (including phenoxy) is 1. The van der Waals surface area contributed by atoms with Crippen molar-refractivity contribution in [2.45, 2.75) is 31.3 Å². The van der Waals surface area contributed by atoms with Crippen LogP contribution in [-0.4, -0.2) is 53.5 Å². The molecule has 0 aromatic heterocycles. The first-order valence-electron chi connectivity index (χ1n) is 5.58. The first kappa shape index (κ1) is 14.2. The highest BCUT2D eigenvalue weighted by Crippen LogP contribution is 2.05. The van der Waals surface area contributed by atoms with Gasteiger partial charge in [-0.1, -0.05) is 0 Å². The molecule has 102 valence electrons. The maximum Gasteiger partial charge on any atom is 0.326 e. The summed E-state index contributed by atoms with van der Waals surface area (Å²) in [6.07, 6.45) is 0.913. The number of nitrogens with one attached hydrogen (secondary N) is 2. The fraction of sp³-hybridized carbons (Fsp3) is 0.700. The van der Waals surface area contributed by atoms with Gasteiger partial charge in [0.05, 0.1) is 19.1 Å². The van der Waals surface area contributed by atoms with E-state index >= 15 is 0 Å². The van der Waals surface area contributed by atoms with Crippen molar-refractivity contribution >= 4 is 18.0 Å². The average Bonchev–Trinajstić information content (AvgIpc) is 2.28. The van der Waals surface area contributed by atoms with E-state index in [1.54, 1.807) is 0 Å². The van der Waals surface area contributed by atoms with Crippen LogP contribution < -0.4 is 10.6 Å². The number of carbonyl (C=O) groups is 3. The molecular weight excluding hydrogens is 244 g/mol.